The summed E-state index contributed by atoms with van der Waals surface area (Å²) in [4.78, 5) is 39.7. The van der Waals surface area contributed by atoms with Gasteiger partial charge in [0.2, 0.25) is 15.9 Å². The van der Waals surface area contributed by atoms with E-state index in [1.807, 2.05) is 0 Å². The topological polar surface area (TPSA) is 114 Å². The van der Waals surface area contributed by atoms with Gasteiger partial charge in [0, 0.05) is 25.3 Å². The Labute approximate surface area is 205 Å². The van der Waals surface area contributed by atoms with E-state index in [2.05, 4.69) is 20.8 Å². The molecule has 9 nitrogen and oxygen atoms in total. The van der Waals surface area contributed by atoms with E-state index in [4.69, 9.17) is 4.74 Å². The van der Waals surface area contributed by atoms with Gasteiger partial charge in [0.1, 0.15) is 11.6 Å². The fourth-order valence-corrected chi connectivity index (χ4v) is 4.46. The predicted molar refractivity (Wildman–Crippen MR) is 128 cm³/mol. The zero-order valence-electron chi connectivity index (χ0n) is 19.0. The van der Waals surface area contributed by atoms with Gasteiger partial charge in [-0.25, -0.2) is 4.39 Å². The maximum atomic E-state index is 13.3. The fraction of sp³-hybridized carbons (Fsp3) is 0.292. The van der Waals surface area contributed by atoms with Crippen LogP contribution in [0.1, 0.15) is 38.0 Å². The Kier molecular flexibility index (Phi) is 7.66. The van der Waals surface area contributed by atoms with E-state index < -0.39 is 5.91 Å². The van der Waals surface area contributed by atoms with Crippen molar-refractivity contribution < 1.29 is 23.5 Å². The Morgan fingerprint density at radius 2 is 1.91 bits per heavy atom. The average Bonchev–Trinajstić information content (AvgIpc) is 3.38. The summed E-state index contributed by atoms with van der Waals surface area (Å²) in [6.07, 6.45) is 1.30. The number of anilines is 1. The number of carbonyl (C=O) groups is 3. The smallest absolute Gasteiger partial charge is 0.286 e. The molecule has 0 bridgehead atoms. The lowest BCUT2D eigenvalue weighted by Crippen LogP contribution is -2.45. The van der Waals surface area contributed by atoms with E-state index in [1.165, 1.54) is 12.1 Å². The first-order valence-electron chi connectivity index (χ1n) is 11.0. The third-order valence-electron chi connectivity index (χ3n) is 5.59. The summed E-state index contributed by atoms with van der Waals surface area (Å²) in [7, 11) is 1.55. The lowest BCUT2D eigenvalue weighted by Gasteiger charge is -2.31. The van der Waals surface area contributed by atoms with Crippen LogP contribution in [0.3, 0.4) is 0 Å². The molecular formula is C24H24FN5O4S. The number of nitrogens with zero attached hydrogens (tertiary/aromatic N) is 3. The number of methoxy groups -OCH3 is 1. The number of likely N-dealkylation sites (tertiary alicyclic amines) is 1. The summed E-state index contributed by atoms with van der Waals surface area (Å²) >= 11 is 0.902. The molecule has 0 unspecified atom stereocenters. The summed E-state index contributed by atoms with van der Waals surface area (Å²) in [5.74, 6) is -1.11. The Hall–Kier alpha value is -3.86. The summed E-state index contributed by atoms with van der Waals surface area (Å²) in [5.41, 5.74) is 1.22. The molecule has 3 aromatic rings. The van der Waals surface area contributed by atoms with Crippen LogP contribution in [0.25, 0.3) is 0 Å². The van der Waals surface area contributed by atoms with Crippen molar-refractivity contribution in [1.29, 1.82) is 0 Å². The van der Waals surface area contributed by atoms with Crippen LogP contribution in [-0.2, 0) is 11.3 Å². The third kappa shape index (κ3) is 6.18. The van der Waals surface area contributed by atoms with Gasteiger partial charge in [0.05, 0.1) is 13.0 Å². The molecule has 0 radical (unpaired) electrons. The van der Waals surface area contributed by atoms with E-state index in [-0.39, 0.29) is 46.7 Å². The second-order valence-corrected chi connectivity index (χ2v) is 9.01. The normalized spacial score (nSPS) is 15.4. The lowest BCUT2D eigenvalue weighted by molar-refractivity contribution is -0.126. The largest absolute Gasteiger partial charge is 0.497 e. The molecule has 0 spiro atoms. The van der Waals surface area contributed by atoms with Crippen molar-refractivity contribution in [2.24, 2.45) is 5.92 Å². The highest BCUT2D eigenvalue weighted by atomic mass is 32.1. The minimum atomic E-state index is -0.472. The highest BCUT2D eigenvalue weighted by Crippen LogP contribution is 2.22. The Balaban J connectivity index is 1.33. The molecule has 2 heterocycles. The monoisotopic (exact) mass is 497 g/mol. The van der Waals surface area contributed by atoms with E-state index >= 15 is 0 Å². The van der Waals surface area contributed by atoms with E-state index in [0.717, 1.165) is 11.3 Å². The van der Waals surface area contributed by atoms with Gasteiger partial charge in [-0.2, -0.15) is 0 Å². The van der Waals surface area contributed by atoms with Crippen molar-refractivity contribution in [1.82, 2.24) is 20.4 Å². The molecule has 2 N–H and O–H groups in total. The molecule has 3 amide bonds. The molecule has 1 aromatic heterocycles. The first-order chi connectivity index (χ1) is 16.9. The molecule has 1 atom stereocenters. The number of piperidine rings is 1. The van der Waals surface area contributed by atoms with Crippen LogP contribution in [0.5, 0.6) is 5.75 Å². The maximum Gasteiger partial charge on any atom is 0.286 e. The predicted octanol–water partition coefficient (Wildman–Crippen LogP) is 3.11. The first-order valence-corrected chi connectivity index (χ1v) is 11.8. The number of aromatic nitrogens is 2. The second kappa shape index (κ2) is 11.0. The van der Waals surface area contributed by atoms with Gasteiger partial charge in [-0.15, -0.1) is 10.2 Å². The molecule has 1 aliphatic heterocycles. The van der Waals surface area contributed by atoms with Crippen LogP contribution >= 0.6 is 11.3 Å². The SMILES string of the molecule is COc1ccc(NC(=O)c2nnc(C(=O)N3CCC[C@H](C(=O)NCc4cccc(F)c4)C3)s2)cc1. The fourth-order valence-electron chi connectivity index (χ4n) is 3.75. The minimum Gasteiger partial charge on any atom is -0.497 e. The van der Waals surface area contributed by atoms with Gasteiger partial charge in [0.25, 0.3) is 11.8 Å². The van der Waals surface area contributed by atoms with Crippen LogP contribution in [-0.4, -0.2) is 53.0 Å². The van der Waals surface area contributed by atoms with Crippen LogP contribution in [0, 0.1) is 11.7 Å². The van der Waals surface area contributed by atoms with Crippen LogP contribution < -0.4 is 15.4 Å². The average molecular weight is 498 g/mol. The molecule has 1 saturated heterocycles. The van der Waals surface area contributed by atoms with E-state index in [0.29, 0.717) is 36.4 Å². The molecule has 0 aliphatic carbocycles. The van der Waals surface area contributed by atoms with Crippen molar-refractivity contribution in [2.75, 3.05) is 25.5 Å². The van der Waals surface area contributed by atoms with Crippen molar-refractivity contribution in [3.8, 4) is 5.75 Å². The van der Waals surface area contributed by atoms with Gasteiger partial charge < -0.3 is 20.3 Å². The van der Waals surface area contributed by atoms with Gasteiger partial charge in [-0.3, -0.25) is 14.4 Å². The number of nitrogens with one attached hydrogen (secondary N) is 2. The summed E-state index contributed by atoms with van der Waals surface area (Å²) in [6, 6.07) is 12.8. The molecule has 0 saturated carbocycles. The Bertz CT molecular complexity index is 1220. The van der Waals surface area contributed by atoms with Crippen molar-refractivity contribution in [2.45, 2.75) is 19.4 Å². The van der Waals surface area contributed by atoms with Crippen LogP contribution in [0.4, 0.5) is 10.1 Å². The number of rotatable bonds is 7. The number of hydrogen-bond donors (Lipinski definition) is 2. The molecular weight excluding hydrogens is 473 g/mol. The zero-order valence-corrected chi connectivity index (χ0v) is 19.8. The molecule has 4 rings (SSSR count). The first kappa shape index (κ1) is 24.3. The molecule has 11 heteroatoms. The van der Waals surface area contributed by atoms with E-state index in [9.17, 15) is 18.8 Å². The third-order valence-corrected chi connectivity index (χ3v) is 6.50. The number of carbonyl (C=O) groups excluding carboxylic acids is 3. The zero-order chi connectivity index (χ0) is 24.8. The number of benzene rings is 2. The summed E-state index contributed by atoms with van der Waals surface area (Å²) < 4.78 is 18.4. The van der Waals surface area contributed by atoms with Gasteiger partial charge in [-0.05, 0) is 54.8 Å². The highest BCUT2D eigenvalue weighted by Gasteiger charge is 2.30. The maximum absolute atomic E-state index is 13.3. The minimum absolute atomic E-state index is 0.0607. The summed E-state index contributed by atoms with van der Waals surface area (Å²) in [5, 5.41) is 13.4. The Morgan fingerprint density at radius 3 is 2.66 bits per heavy atom. The van der Waals surface area contributed by atoms with E-state index in [1.54, 1.807) is 48.4 Å². The number of halogens is 1. The molecule has 2 aromatic carbocycles. The lowest BCUT2D eigenvalue weighted by atomic mass is 9.97. The quantitative estimate of drug-likeness (QED) is 0.519. The van der Waals surface area contributed by atoms with Crippen molar-refractivity contribution in [3.05, 3.63) is 69.9 Å². The number of amides is 3. The summed E-state index contributed by atoms with van der Waals surface area (Å²) in [6.45, 7) is 0.935. The van der Waals surface area contributed by atoms with Gasteiger partial charge in [-0.1, -0.05) is 23.5 Å². The van der Waals surface area contributed by atoms with Gasteiger partial charge in [0.15, 0.2) is 0 Å². The molecule has 1 fully saturated rings. The van der Waals surface area contributed by atoms with Crippen LogP contribution in [0.15, 0.2) is 48.5 Å². The number of hydrogen-bond acceptors (Lipinski definition) is 7. The number of ether oxygens (including phenoxy) is 1. The van der Waals surface area contributed by atoms with Crippen LogP contribution in [0.2, 0.25) is 0 Å². The highest BCUT2D eigenvalue weighted by molar-refractivity contribution is 7.15. The molecule has 182 valence electrons. The molecule has 35 heavy (non-hydrogen) atoms. The Morgan fingerprint density at radius 1 is 1.14 bits per heavy atom. The van der Waals surface area contributed by atoms with Crippen molar-refractivity contribution in [3.63, 3.8) is 0 Å². The van der Waals surface area contributed by atoms with Crippen molar-refractivity contribution >= 4 is 34.7 Å². The molecule has 1 aliphatic rings. The standard InChI is InChI=1S/C24H24FN5O4S/c1-34-19-9-7-18(8-10-19)27-21(32)22-28-29-23(35-22)24(33)30-11-3-5-16(14-30)20(31)26-13-15-4-2-6-17(25)12-15/h2,4,6-10,12,16H,3,5,11,13-14H2,1H3,(H,26,31)(H,27,32)/t16-/m0/s1. The van der Waals surface area contributed by atoms with Gasteiger partial charge >= 0.3 is 0 Å². The second-order valence-electron chi connectivity index (χ2n) is 8.03.